The van der Waals surface area contributed by atoms with Crippen molar-refractivity contribution in [2.75, 3.05) is 6.61 Å². The molecule has 2 rings (SSSR count). The molecule has 0 aliphatic carbocycles. The van der Waals surface area contributed by atoms with Gasteiger partial charge in [-0.15, -0.1) is 5.10 Å². The monoisotopic (exact) mass is 291 g/mol. The maximum Gasteiger partial charge on any atom is 0.208 e. The van der Waals surface area contributed by atoms with Crippen molar-refractivity contribution in [3.63, 3.8) is 0 Å². The summed E-state index contributed by atoms with van der Waals surface area (Å²) >= 11 is 1.13. The summed E-state index contributed by atoms with van der Waals surface area (Å²) in [5.74, 6) is 0.680. The van der Waals surface area contributed by atoms with Crippen LogP contribution >= 0.6 is 11.5 Å². The fourth-order valence-corrected chi connectivity index (χ4v) is 2.49. The fourth-order valence-electron chi connectivity index (χ4n) is 1.71. The standard InChI is InChI=1S/C14H17N3O2S/c1-4-5-19-11-6-10(7-15-8-11)13(18)14-12(9(2)3)16-17-20-14/h6-9H,4-5H2,1-3H3. The molecule has 5 nitrogen and oxygen atoms in total. The van der Waals surface area contributed by atoms with Gasteiger partial charge in [0.25, 0.3) is 0 Å². The number of aromatic nitrogens is 3. The van der Waals surface area contributed by atoms with Crippen LogP contribution in [0.25, 0.3) is 0 Å². The summed E-state index contributed by atoms with van der Waals surface area (Å²) in [7, 11) is 0. The third kappa shape index (κ3) is 3.19. The molecule has 0 aliphatic rings. The zero-order chi connectivity index (χ0) is 14.5. The van der Waals surface area contributed by atoms with Crippen molar-refractivity contribution >= 4 is 17.3 Å². The number of hydrogen-bond donors (Lipinski definition) is 0. The van der Waals surface area contributed by atoms with Gasteiger partial charge in [-0.05, 0) is 29.9 Å². The van der Waals surface area contributed by atoms with Gasteiger partial charge in [0.15, 0.2) is 0 Å². The Morgan fingerprint density at radius 2 is 2.20 bits per heavy atom. The second-order valence-corrected chi connectivity index (χ2v) is 5.48. The van der Waals surface area contributed by atoms with Crippen LogP contribution in [0.1, 0.15) is 54.0 Å². The predicted octanol–water partition coefficient (Wildman–Crippen LogP) is 3.08. The summed E-state index contributed by atoms with van der Waals surface area (Å²) in [5, 5.41) is 4.03. The summed E-state index contributed by atoms with van der Waals surface area (Å²) in [6, 6.07) is 1.72. The van der Waals surface area contributed by atoms with Crippen LogP contribution < -0.4 is 4.74 Å². The van der Waals surface area contributed by atoms with Crippen LogP contribution in [0.3, 0.4) is 0 Å². The van der Waals surface area contributed by atoms with E-state index >= 15 is 0 Å². The van der Waals surface area contributed by atoms with Gasteiger partial charge >= 0.3 is 0 Å². The number of nitrogens with zero attached hydrogens (tertiary/aromatic N) is 3. The molecule has 6 heteroatoms. The Morgan fingerprint density at radius 3 is 2.90 bits per heavy atom. The van der Waals surface area contributed by atoms with Gasteiger partial charge in [0, 0.05) is 11.8 Å². The van der Waals surface area contributed by atoms with Crippen LogP contribution in [0, 0.1) is 0 Å². The number of ether oxygens (including phenoxy) is 1. The summed E-state index contributed by atoms with van der Waals surface area (Å²) in [6.07, 6.45) is 4.07. The minimum atomic E-state index is -0.0989. The van der Waals surface area contributed by atoms with Gasteiger partial charge < -0.3 is 4.74 Å². The number of ketones is 1. The van der Waals surface area contributed by atoms with Crippen molar-refractivity contribution in [1.29, 1.82) is 0 Å². The maximum atomic E-state index is 12.5. The number of carbonyl (C=O) groups is 1. The summed E-state index contributed by atoms with van der Waals surface area (Å²) in [6.45, 7) is 6.62. The van der Waals surface area contributed by atoms with Gasteiger partial charge in [0.1, 0.15) is 10.6 Å². The highest BCUT2D eigenvalue weighted by Crippen LogP contribution is 2.23. The average Bonchev–Trinajstić information content (AvgIpc) is 2.94. The number of rotatable bonds is 6. The highest BCUT2D eigenvalue weighted by molar-refractivity contribution is 7.08. The van der Waals surface area contributed by atoms with E-state index in [1.165, 1.54) is 0 Å². The molecule has 0 aliphatic heterocycles. The molecule has 2 aromatic rings. The number of hydrogen-bond acceptors (Lipinski definition) is 6. The molecule has 0 radical (unpaired) electrons. The minimum absolute atomic E-state index is 0.0989. The van der Waals surface area contributed by atoms with E-state index < -0.39 is 0 Å². The van der Waals surface area contributed by atoms with E-state index in [1.807, 2.05) is 20.8 Å². The van der Waals surface area contributed by atoms with Gasteiger partial charge in [-0.25, -0.2) is 0 Å². The third-order valence-corrected chi connectivity index (χ3v) is 3.46. The van der Waals surface area contributed by atoms with Crippen LogP contribution in [0.2, 0.25) is 0 Å². The summed E-state index contributed by atoms with van der Waals surface area (Å²) in [4.78, 5) is 17.1. The topological polar surface area (TPSA) is 65.0 Å². The van der Waals surface area contributed by atoms with Crippen LogP contribution in [0.5, 0.6) is 5.75 Å². The molecule has 0 fully saturated rings. The fraction of sp³-hybridized carbons (Fsp3) is 0.429. The van der Waals surface area contributed by atoms with Crippen LogP contribution in [-0.2, 0) is 0 Å². The van der Waals surface area contributed by atoms with Crippen molar-refractivity contribution in [3.8, 4) is 5.75 Å². The summed E-state index contributed by atoms with van der Waals surface area (Å²) in [5.41, 5.74) is 1.24. The molecule has 0 atom stereocenters. The van der Waals surface area contributed by atoms with E-state index in [2.05, 4.69) is 14.6 Å². The van der Waals surface area contributed by atoms with E-state index in [0.717, 1.165) is 23.6 Å². The summed E-state index contributed by atoms with van der Waals surface area (Å²) < 4.78 is 9.38. The molecule has 0 N–H and O–H groups in total. The first-order valence-electron chi connectivity index (χ1n) is 6.58. The predicted molar refractivity (Wildman–Crippen MR) is 77.5 cm³/mol. The van der Waals surface area contributed by atoms with Crippen molar-refractivity contribution in [2.24, 2.45) is 0 Å². The molecule has 0 amide bonds. The number of pyridine rings is 1. The van der Waals surface area contributed by atoms with E-state index in [-0.39, 0.29) is 11.7 Å². The van der Waals surface area contributed by atoms with E-state index in [9.17, 15) is 4.79 Å². The first-order chi connectivity index (χ1) is 9.63. The minimum Gasteiger partial charge on any atom is -0.492 e. The van der Waals surface area contributed by atoms with Crippen molar-refractivity contribution in [1.82, 2.24) is 14.6 Å². The lowest BCUT2D eigenvalue weighted by molar-refractivity contribution is 0.104. The third-order valence-electron chi connectivity index (χ3n) is 2.71. The molecule has 0 saturated carbocycles. The van der Waals surface area contributed by atoms with E-state index in [0.29, 0.717) is 22.8 Å². The molecule has 20 heavy (non-hydrogen) atoms. The molecule has 2 aromatic heterocycles. The molecule has 0 aromatic carbocycles. The van der Waals surface area contributed by atoms with Crippen LogP contribution in [0.4, 0.5) is 0 Å². The van der Waals surface area contributed by atoms with Gasteiger partial charge in [-0.1, -0.05) is 25.3 Å². The zero-order valence-corrected chi connectivity index (χ0v) is 12.6. The Labute approximate surface area is 122 Å². The number of carbonyl (C=O) groups excluding carboxylic acids is 1. The van der Waals surface area contributed by atoms with Crippen molar-refractivity contribution in [2.45, 2.75) is 33.1 Å². The SMILES string of the molecule is CCCOc1cncc(C(=O)c2snnc2C(C)C)c1. The normalized spacial score (nSPS) is 10.8. The first-order valence-corrected chi connectivity index (χ1v) is 7.35. The smallest absolute Gasteiger partial charge is 0.208 e. The molecule has 2 heterocycles. The van der Waals surface area contributed by atoms with Gasteiger partial charge in [-0.2, -0.15) is 0 Å². The molecular weight excluding hydrogens is 274 g/mol. The largest absolute Gasteiger partial charge is 0.492 e. The Morgan fingerprint density at radius 1 is 1.40 bits per heavy atom. The molecular formula is C14H17N3O2S. The maximum absolute atomic E-state index is 12.5. The second kappa shape index (κ2) is 6.56. The van der Waals surface area contributed by atoms with Gasteiger partial charge in [-0.3, -0.25) is 9.78 Å². The van der Waals surface area contributed by atoms with Crippen LogP contribution in [-0.4, -0.2) is 27.0 Å². The Kier molecular flexibility index (Phi) is 4.79. The zero-order valence-electron chi connectivity index (χ0n) is 11.8. The second-order valence-electron chi connectivity index (χ2n) is 4.73. The lowest BCUT2D eigenvalue weighted by atomic mass is 10.0. The van der Waals surface area contributed by atoms with E-state index in [1.54, 1.807) is 18.5 Å². The first kappa shape index (κ1) is 14.6. The molecule has 0 bridgehead atoms. The highest BCUT2D eigenvalue weighted by Gasteiger charge is 2.20. The average molecular weight is 291 g/mol. The Bertz CT molecular complexity index is 596. The molecule has 0 saturated heterocycles. The Hall–Kier alpha value is -1.82. The lowest BCUT2D eigenvalue weighted by Gasteiger charge is -2.06. The molecule has 0 unspecified atom stereocenters. The van der Waals surface area contributed by atoms with Crippen molar-refractivity contribution < 1.29 is 9.53 Å². The quantitative estimate of drug-likeness (QED) is 0.765. The molecule has 106 valence electrons. The van der Waals surface area contributed by atoms with Crippen molar-refractivity contribution in [3.05, 3.63) is 34.6 Å². The Balaban J connectivity index is 2.26. The van der Waals surface area contributed by atoms with Gasteiger partial charge in [0.05, 0.1) is 18.5 Å². The lowest BCUT2D eigenvalue weighted by Crippen LogP contribution is -2.05. The van der Waals surface area contributed by atoms with E-state index in [4.69, 9.17) is 4.74 Å². The van der Waals surface area contributed by atoms with Gasteiger partial charge in [0.2, 0.25) is 5.78 Å². The highest BCUT2D eigenvalue weighted by atomic mass is 32.1. The van der Waals surface area contributed by atoms with Crippen LogP contribution in [0.15, 0.2) is 18.5 Å². The molecule has 0 spiro atoms.